The molecule has 13 heteroatoms. The first-order valence-electron chi connectivity index (χ1n) is 12.3. The molecular weight excluding hydrogens is 575 g/mol. The van der Waals surface area contributed by atoms with Gasteiger partial charge in [0, 0.05) is 19.0 Å². The Balaban J connectivity index is 1.71. The monoisotopic (exact) mass is 607 g/mol. The van der Waals surface area contributed by atoms with Crippen molar-refractivity contribution in [3.63, 3.8) is 0 Å². The maximum absolute atomic E-state index is 13.7. The van der Waals surface area contributed by atoms with E-state index in [4.69, 9.17) is 9.47 Å². The third-order valence-electron chi connectivity index (χ3n) is 5.66. The summed E-state index contributed by atoms with van der Waals surface area (Å²) in [5.74, 6) is 0.229. The van der Waals surface area contributed by atoms with Crippen molar-refractivity contribution in [2.75, 3.05) is 51.0 Å². The van der Waals surface area contributed by atoms with Crippen molar-refractivity contribution < 1.29 is 31.1 Å². The molecule has 0 bridgehead atoms. The van der Waals surface area contributed by atoms with Gasteiger partial charge >= 0.3 is 0 Å². The van der Waals surface area contributed by atoms with E-state index >= 15 is 0 Å². The summed E-state index contributed by atoms with van der Waals surface area (Å²) in [6, 6.07) is 19.0. The van der Waals surface area contributed by atoms with Gasteiger partial charge in [-0.3, -0.25) is 9.10 Å². The predicted molar refractivity (Wildman–Crippen MR) is 156 cm³/mol. The van der Waals surface area contributed by atoms with Crippen LogP contribution in [-0.2, 0) is 24.8 Å². The summed E-state index contributed by atoms with van der Waals surface area (Å²) in [5, 5.41) is 2.68. The molecule has 3 aromatic rings. The SMILES string of the molecule is CCOc1ccccc1N(CC(=O)NCCOc1ccc(S(=O)(=O)N(C)C)cc1)S(=O)(=O)c1ccc(SC)cc1. The maximum Gasteiger partial charge on any atom is 0.264 e. The fraction of sp³-hybridized carbons (Fsp3) is 0.296. The normalized spacial score (nSPS) is 11.7. The molecule has 0 spiro atoms. The van der Waals surface area contributed by atoms with Crippen LogP contribution in [-0.4, -0.2) is 73.7 Å². The second-order valence-corrected chi connectivity index (χ2v) is 13.4. The van der Waals surface area contributed by atoms with Gasteiger partial charge in [0.2, 0.25) is 15.9 Å². The molecule has 0 radical (unpaired) electrons. The Morgan fingerprint density at radius 2 is 1.45 bits per heavy atom. The van der Waals surface area contributed by atoms with Crippen molar-refractivity contribution in [2.45, 2.75) is 21.6 Å². The van der Waals surface area contributed by atoms with Crippen LogP contribution in [0.4, 0.5) is 5.69 Å². The number of hydrogen-bond acceptors (Lipinski definition) is 8. The third-order valence-corrected chi connectivity index (χ3v) is 10.0. The summed E-state index contributed by atoms with van der Waals surface area (Å²) in [6.45, 7) is 1.81. The Kier molecular flexibility index (Phi) is 10.9. The molecule has 1 amide bonds. The first kappa shape index (κ1) is 31.3. The number of amides is 1. The van der Waals surface area contributed by atoms with E-state index in [0.717, 1.165) is 13.5 Å². The number of carbonyl (C=O) groups is 1. The molecule has 3 aromatic carbocycles. The minimum Gasteiger partial charge on any atom is -0.492 e. The fourth-order valence-corrected chi connectivity index (χ4v) is 6.32. The Labute approximate surface area is 240 Å². The van der Waals surface area contributed by atoms with Gasteiger partial charge < -0.3 is 14.8 Å². The van der Waals surface area contributed by atoms with Gasteiger partial charge in [-0.25, -0.2) is 21.1 Å². The summed E-state index contributed by atoms with van der Waals surface area (Å²) in [7, 11) is -4.76. The number of hydrogen-bond donors (Lipinski definition) is 1. The van der Waals surface area contributed by atoms with Gasteiger partial charge in [-0.2, -0.15) is 0 Å². The summed E-state index contributed by atoms with van der Waals surface area (Å²) in [5.41, 5.74) is 0.248. The smallest absolute Gasteiger partial charge is 0.264 e. The van der Waals surface area contributed by atoms with Crippen molar-refractivity contribution in [1.29, 1.82) is 0 Å². The number of carbonyl (C=O) groups excluding carboxylic acids is 1. The fourth-order valence-electron chi connectivity index (χ4n) is 3.58. The molecule has 0 unspecified atom stereocenters. The molecule has 0 aliphatic heterocycles. The van der Waals surface area contributed by atoms with E-state index in [1.165, 1.54) is 62.3 Å². The Morgan fingerprint density at radius 1 is 0.850 bits per heavy atom. The molecule has 216 valence electrons. The topological polar surface area (TPSA) is 122 Å². The number of anilines is 1. The minimum absolute atomic E-state index is 0.0486. The minimum atomic E-state index is -4.11. The molecular formula is C27H33N3O7S3. The van der Waals surface area contributed by atoms with Crippen LogP contribution in [0, 0.1) is 0 Å². The molecule has 0 heterocycles. The van der Waals surface area contributed by atoms with E-state index < -0.39 is 32.5 Å². The first-order chi connectivity index (χ1) is 19.0. The summed E-state index contributed by atoms with van der Waals surface area (Å²) in [4.78, 5) is 14.0. The molecule has 1 N–H and O–H groups in total. The van der Waals surface area contributed by atoms with Crippen LogP contribution in [0.1, 0.15) is 6.92 Å². The van der Waals surface area contributed by atoms with E-state index in [1.807, 2.05) is 6.26 Å². The molecule has 0 aliphatic rings. The molecule has 0 fully saturated rings. The van der Waals surface area contributed by atoms with Gasteiger partial charge in [-0.15, -0.1) is 11.8 Å². The average molecular weight is 608 g/mol. The van der Waals surface area contributed by atoms with Crippen molar-refractivity contribution in [3.05, 3.63) is 72.8 Å². The number of sulfonamides is 2. The van der Waals surface area contributed by atoms with Crippen LogP contribution in [0.25, 0.3) is 0 Å². The van der Waals surface area contributed by atoms with E-state index in [-0.39, 0.29) is 28.6 Å². The van der Waals surface area contributed by atoms with E-state index in [1.54, 1.807) is 43.3 Å². The zero-order valence-electron chi connectivity index (χ0n) is 22.7. The van der Waals surface area contributed by atoms with Crippen molar-refractivity contribution in [1.82, 2.24) is 9.62 Å². The van der Waals surface area contributed by atoms with Crippen LogP contribution in [0.5, 0.6) is 11.5 Å². The lowest BCUT2D eigenvalue weighted by atomic mass is 10.3. The zero-order valence-corrected chi connectivity index (χ0v) is 25.2. The Hall–Kier alpha value is -3.26. The number of ether oxygens (including phenoxy) is 2. The molecule has 10 nitrogen and oxygen atoms in total. The second-order valence-electron chi connectivity index (χ2n) is 8.55. The molecule has 40 heavy (non-hydrogen) atoms. The maximum atomic E-state index is 13.7. The largest absolute Gasteiger partial charge is 0.492 e. The second kappa shape index (κ2) is 13.9. The van der Waals surface area contributed by atoms with Crippen molar-refractivity contribution >= 4 is 43.4 Å². The highest BCUT2D eigenvalue weighted by Gasteiger charge is 2.29. The standard InChI is InChI=1S/C27H33N3O7S3/c1-5-36-26-9-7-6-8-25(26)30(40(34,35)24-16-12-22(38-4)13-17-24)20-27(31)28-18-19-37-21-10-14-23(15-11-21)39(32,33)29(2)3/h6-17H,5,18-20H2,1-4H3,(H,28,31). The number of nitrogens with zero attached hydrogens (tertiary/aromatic N) is 2. The molecule has 0 aromatic heterocycles. The third kappa shape index (κ3) is 7.68. The van der Waals surface area contributed by atoms with Gasteiger partial charge in [0.1, 0.15) is 24.7 Å². The highest BCUT2D eigenvalue weighted by molar-refractivity contribution is 7.98. The van der Waals surface area contributed by atoms with Gasteiger partial charge in [0.05, 0.1) is 28.6 Å². The zero-order chi connectivity index (χ0) is 29.3. The summed E-state index contributed by atoms with van der Waals surface area (Å²) in [6.07, 6.45) is 1.90. The Morgan fingerprint density at radius 3 is 2.05 bits per heavy atom. The van der Waals surface area contributed by atoms with E-state index in [0.29, 0.717) is 18.1 Å². The highest BCUT2D eigenvalue weighted by atomic mass is 32.2. The lowest BCUT2D eigenvalue weighted by Crippen LogP contribution is -2.42. The van der Waals surface area contributed by atoms with Crippen LogP contribution in [0.2, 0.25) is 0 Å². The first-order valence-corrected chi connectivity index (χ1v) is 16.4. The number of thioether (sulfide) groups is 1. The van der Waals surface area contributed by atoms with Crippen LogP contribution in [0.3, 0.4) is 0 Å². The molecule has 3 rings (SSSR count). The lowest BCUT2D eigenvalue weighted by Gasteiger charge is -2.26. The molecule has 0 atom stereocenters. The van der Waals surface area contributed by atoms with Gasteiger partial charge in [-0.1, -0.05) is 12.1 Å². The number of rotatable bonds is 14. The quantitative estimate of drug-likeness (QED) is 0.219. The van der Waals surface area contributed by atoms with Gasteiger partial charge in [0.15, 0.2) is 0 Å². The van der Waals surface area contributed by atoms with Crippen molar-refractivity contribution in [2.24, 2.45) is 0 Å². The average Bonchev–Trinajstić information content (AvgIpc) is 2.95. The molecule has 0 aliphatic carbocycles. The molecule has 0 saturated heterocycles. The molecule has 0 saturated carbocycles. The Bertz CT molecular complexity index is 1490. The number of para-hydroxylation sites is 2. The van der Waals surface area contributed by atoms with Crippen molar-refractivity contribution in [3.8, 4) is 11.5 Å². The van der Waals surface area contributed by atoms with E-state index in [2.05, 4.69) is 5.32 Å². The summed E-state index contributed by atoms with van der Waals surface area (Å²) >= 11 is 1.49. The van der Waals surface area contributed by atoms with E-state index in [9.17, 15) is 21.6 Å². The van der Waals surface area contributed by atoms with Gasteiger partial charge in [0.25, 0.3) is 10.0 Å². The summed E-state index contributed by atoms with van der Waals surface area (Å²) < 4.78 is 65.2. The highest BCUT2D eigenvalue weighted by Crippen LogP contribution is 2.33. The van der Waals surface area contributed by atoms with Crippen LogP contribution in [0.15, 0.2) is 87.5 Å². The van der Waals surface area contributed by atoms with Crippen LogP contribution < -0.4 is 19.1 Å². The van der Waals surface area contributed by atoms with Gasteiger partial charge in [-0.05, 0) is 73.8 Å². The van der Waals surface area contributed by atoms with Crippen LogP contribution >= 0.6 is 11.8 Å². The number of benzene rings is 3. The lowest BCUT2D eigenvalue weighted by molar-refractivity contribution is -0.119. The predicted octanol–water partition coefficient (Wildman–Crippen LogP) is 3.45. The number of nitrogens with one attached hydrogen (secondary N) is 1.